The van der Waals surface area contributed by atoms with Crippen molar-refractivity contribution in [1.29, 1.82) is 0 Å². The first-order valence-corrected chi connectivity index (χ1v) is 8.80. The van der Waals surface area contributed by atoms with Gasteiger partial charge >= 0.3 is 0 Å². The Balaban J connectivity index is 1.85. The Morgan fingerprint density at radius 1 is 1.05 bits per heavy atom. The SMILES string of the molecule is CC12C=CC3(CCC4C(C)(C)C=C(O)C(=O)C4(C)C3CC1)C2. The third-order valence-electron chi connectivity index (χ3n) is 7.72. The van der Waals surface area contributed by atoms with Crippen molar-refractivity contribution >= 4 is 5.78 Å². The summed E-state index contributed by atoms with van der Waals surface area (Å²) in [5, 5.41) is 10.3. The molecular formula is C20H28O2. The summed E-state index contributed by atoms with van der Waals surface area (Å²) in [6.07, 6.45) is 12.5. The smallest absolute Gasteiger partial charge is 0.203 e. The molecule has 4 aliphatic rings. The van der Waals surface area contributed by atoms with Crippen LogP contribution in [-0.4, -0.2) is 10.9 Å². The normalized spacial score (nSPS) is 52.0. The van der Waals surface area contributed by atoms with Crippen molar-refractivity contribution in [3.05, 3.63) is 24.0 Å². The van der Waals surface area contributed by atoms with E-state index in [1.54, 1.807) is 0 Å². The lowest BCUT2D eigenvalue weighted by atomic mass is 9.41. The van der Waals surface area contributed by atoms with Crippen molar-refractivity contribution in [2.75, 3.05) is 0 Å². The highest BCUT2D eigenvalue weighted by molar-refractivity contribution is 5.99. The molecule has 2 nitrogen and oxygen atoms in total. The fourth-order valence-corrected chi connectivity index (χ4v) is 6.86. The predicted octanol–water partition coefficient (Wildman–Crippen LogP) is 4.82. The zero-order chi connectivity index (χ0) is 16.0. The zero-order valence-electron chi connectivity index (χ0n) is 14.3. The van der Waals surface area contributed by atoms with Crippen molar-refractivity contribution in [3.63, 3.8) is 0 Å². The molecular weight excluding hydrogens is 272 g/mol. The quantitative estimate of drug-likeness (QED) is 0.651. The van der Waals surface area contributed by atoms with E-state index in [1.165, 1.54) is 19.3 Å². The van der Waals surface area contributed by atoms with Gasteiger partial charge in [0, 0.05) is 5.41 Å². The van der Waals surface area contributed by atoms with E-state index in [9.17, 15) is 9.90 Å². The van der Waals surface area contributed by atoms with Crippen molar-refractivity contribution in [2.45, 2.75) is 59.8 Å². The summed E-state index contributed by atoms with van der Waals surface area (Å²) in [6.45, 7) is 8.90. The van der Waals surface area contributed by atoms with Gasteiger partial charge in [0.05, 0.1) is 0 Å². The van der Waals surface area contributed by atoms with Crippen LogP contribution in [0.1, 0.15) is 59.8 Å². The Labute approximate surface area is 133 Å². The number of hydrogen-bond acceptors (Lipinski definition) is 2. The molecule has 0 saturated heterocycles. The van der Waals surface area contributed by atoms with Gasteiger partial charge < -0.3 is 5.11 Å². The van der Waals surface area contributed by atoms with Crippen LogP contribution >= 0.6 is 0 Å². The van der Waals surface area contributed by atoms with Crippen LogP contribution in [-0.2, 0) is 4.79 Å². The average Bonchev–Trinajstić information content (AvgIpc) is 2.66. The summed E-state index contributed by atoms with van der Waals surface area (Å²) >= 11 is 0. The maximum absolute atomic E-state index is 13.0. The zero-order valence-corrected chi connectivity index (χ0v) is 14.3. The second kappa shape index (κ2) is 3.88. The van der Waals surface area contributed by atoms with Gasteiger partial charge in [-0.25, -0.2) is 0 Å². The van der Waals surface area contributed by atoms with Crippen LogP contribution in [0.25, 0.3) is 0 Å². The lowest BCUT2D eigenvalue weighted by molar-refractivity contribution is -0.158. The van der Waals surface area contributed by atoms with E-state index in [1.807, 2.05) is 6.08 Å². The topological polar surface area (TPSA) is 37.3 Å². The fourth-order valence-electron chi connectivity index (χ4n) is 6.86. The van der Waals surface area contributed by atoms with Crippen molar-refractivity contribution in [3.8, 4) is 0 Å². The Bertz CT molecular complexity index is 613. The van der Waals surface area contributed by atoms with Crippen LogP contribution in [0, 0.1) is 33.5 Å². The van der Waals surface area contributed by atoms with Gasteiger partial charge in [0.1, 0.15) is 0 Å². The van der Waals surface area contributed by atoms with Gasteiger partial charge in [0.2, 0.25) is 5.78 Å². The van der Waals surface area contributed by atoms with Crippen LogP contribution in [0.2, 0.25) is 0 Å². The molecule has 1 N–H and O–H groups in total. The van der Waals surface area contributed by atoms with Crippen LogP contribution in [0.3, 0.4) is 0 Å². The molecule has 2 heteroatoms. The van der Waals surface area contributed by atoms with Gasteiger partial charge in [-0.05, 0) is 66.3 Å². The predicted molar refractivity (Wildman–Crippen MR) is 87.4 cm³/mol. The van der Waals surface area contributed by atoms with Gasteiger partial charge in [-0.1, -0.05) is 39.8 Å². The molecule has 0 heterocycles. The summed E-state index contributed by atoms with van der Waals surface area (Å²) in [5.74, 6) is 0.742. The van der Waals surface area contributed by atoms with Crippen LogP contribution in [0.5, 0.6) is 0 Å². The molecule has 4 rings (SSSR count). The Hall–Kier alpha value is -1.05. The molecule has 0 amide bonds. The molecule has 0 radical (unpaired) electrons. The minimum absolute atomic E-state index is 0.00445. The third kappa shape index (κ3) is 1.54. The molecule has 0 aromatic rings. The Morgan fingerprint density at radius 2 is 1.73 bits per heavy atom. The van der Waals surface area contributed by atoms with Gasteiger partial charge in [0.15, 0.2) is 5.76 Å². The summed E-state index contributed by atoms with van der Waals surface area (Å²) < 4.78 is 0. The van der Waals surface area contributed by atoms with E-state index in [2.05, 4.69) is 39.8 Å². The number of rotatable bonds is 0. The Morgan fingerprint density at radius 3 is 2.45 bits per heavy atom. The second-order valence-electron chi connectivity index (χ2n) is 9.54. The highest BCUT2D eigenvalue weighted by Crippen LogP contribution is 2.70. The van der Waals surface area contributed by atoms with E-state index < -0.39 is 5.41 Å². The maximum Gasteiger partial charge on any atom is 0.203 e. The van der Waals surface area contributed by atoms with E-state index in [0.29, 0.717) is 17.3 Å². The molecule has 22 heavy (non-hydrogen) atoms. The molecule has 120 valence electrons. The van der Waals surface area contributed by atoms with Crippen molar-refractivity contribution in [2.24, 2.45) is 33.5 Å². The number of Topliss-reactive ketones (excluding diaryl/α,β-unsaturated/α-hetero) is 1. The third-order valence-corrected chi connectivity index (χ3v) is 7.72. The van der Waals surface area contributed by atoms with Gasteiger partial charge in [0.25, 0.3) is 0 Å². The number of carbonyl (C=O) groups is 1. The number of allylic oxidation sites excluding steroid dienone is 4. The van der Waals surface area contributed by atoms with Crippen LogP contribution < -0.4 is 0 Å². The van der Waals surface area contributed by atoms with Gasteiger partial charge in [-0.2, -0.15) is 0 Å². The minimum atomic E-state index is -0.406. The lowest BCUT2D eigenvalue weighted by Gasteiger charge is -2.62. The van der Waals surface area contributed by atoms with Gasteiger partial charge in [-0.15, -0.1) is 0 Å². The molecule has 5 unspecified atom stereocenters. The highest BCUT2D eigenvalue weighted by Gasteiger charge is 2.66. The summed E-state index contributed by atoms with van der Waals surface area (Å²) in [7, 11) is 0. The molecule has 4 aliphatic carbocycles. The first-order chi connectivity index (χ1) is 10.1. The van der Waals surface area contributed by atoms with Crippen molar-refractivity contribution < 1.29 is 9.90 Å². The van der Waals surface area contributed by atoms with Crippen LogP contribution in [0.4, 0.5) is 0 Å². The largest absolute Gasteiger partial charge is 0.505 e. The average molecular weight is 300 g/mol. The standard InChI is InChI=1S/C20H28O2/c1-17(2)11-13(21)16(22)19(4)14(17)6-8-20-10-9-18(3,12-20)7-5-15(19)20/h9-11,14-15,21H,5-8,12H2,1-4H3. The minimum Gasteiger partial charge on any atom is -0.505 e. The summed E-state index contributed by atoms with van der Waals surface area (Å²) in [6, 6.07) is 0. The molecule has 2 saturated carbocycles. The van der Waals surface area contributed by atoms with Crippen molar-refractivity contribution in [1.82, 2.24) is 0 Å². The number of aliphatic hydroxyl groups is 1. The number of carbonyl (C=O) groups excluding carboxylic acids is 1. The lowest BCUT2D eigenvalue weighted by Crippen LogP contribution is -2.59. The van der Waals surface area contributed by atoms with Gasteiger partial charge in [-0.3, -0.25) is 4.79 Å². The molecule has 1 spiro atoms. The molecule has 0 aliphatic heterocycles. The number of aliphatic hydroxyl groups excluding tert-OH is 1. The molecule has 2 bridgehead atoms. The number of hydrogen-bond donors (Lipinski definition) is 1. The van der Waals surface area contributed by atoms with E-state index in [-0.39, 0.29) is 22.4 Å². The molecule has 2 fully saturated rings. The molecule has 5 atom stereocenters. The Kier molecular flexibility index (Phi) is 2.57. The second-order valence-corrected chi connectivity index (χ2v) is 9.54. The first kappa shape index (κ1) is 14.5. The van der Waals surface area contributed by atoms with E-state index >= 15 is 0 Å². The number of fused-ring (bicyclic) bond motifs is 3. The van der Waals surface area contributed by atoms with E-state index in [0.717, 1.165) is 12.8 Å². The number of ketones is 1. The fraction of sp³-hybridized carbons (Fsp3) is 0.750. The summed E-state index contributed by atoms with van der Waals surface area (Å²) in [5.41, 5.74) is 0.0282. The first-order valence-electron chi connectivity index (χ1n) is 8.80. The maximum atomic E-state index is 13.0. The summed E-state index contributed by atoms with van der Waals surface area (Å²) in [4.78, 5) is 13.0. The van der Waals surface area contributed by atoms with Crippen LogP contribution in [0.15, 0.2) is 24.0 Å². The highest BCUT2D eigenvalue weighted by atomic mass is 16.3. The molecule has 0 aromatic heterocycles. The monoisotopic (exact) mass is 300 g/mol. The van der Waals surface area contributed by atoms with E-state index in [4.69, 9.17) is 0 Å². The molecule has 0 aromatic carbocycles.